The van der Waals surface area contributed by atoms with Crippen molar-refractivity contribution in [2.24, 2.45) is 11.3 Å². The number of aryl methyl sites for hydroxylation is 1. The van der Waals surface area contributed by atoms with Gasteiger partial charge in [0.05, 0.1) is 12.8 Å². The quantitative estimate of drug-likeness (QED) is 0.878. The van der Waals surface area contributed by atoms with E-state index in [0.29, 0.717) is 25.3 Å². The molecule has 1 aromatic rings. The average molecular weight is 333 g/mol. The number of hydrogen-bond acceptors (Lipinski definition) is 4. The number of aromatic nitrogens is 2. The Bertz CT molecular complexity index is 671. The van der Waals surface area contributed by atoms with Crippen LogP contribution in [0.25, 0.3) is 0 Å². The number of amides is 1. The summed E-state index contributed by atoms with van der Waals surface area (Å²) in [5, 5.41) is 9.72. The number of ether oxygens (including phenoxy) is 1. The molecule has 7 nitrogen and oxygen atoms in total. The fourth-order valence-corrected chi connectivity index (χ4v) is 4.37. The maximum Gasteiger partial charge on any atom is 0.314 e. The molecular formula is C17H23N3O4. The lowest BCUT2D eigenvalue weighted by atomic mass is 9.76. The maximum atomic E-state index is 13.0. The van der Waals surface area contributed by atoms with Gasteiger partial charge < -0.3 is 19.3 Å². The van der Waals surface area contributed by atoms with Crippen LogP contribution in [-0.2, 0) is 22.5 Å². The van der Waals surface area contributed by atoms with Gasteiger partial charge in [-0.1, -0.05) is 6.42 Å². The summed E-state index contributed by atoms with van der Waals surface area (Å²) in [6, 6.07) is 0. The third kappa shape index (κ3) is 2.33. The second-order valence-corrected chi connectivity index (χ2v) is 7.21. The molecule has 2 fully saturated rings. The third-order valence-electron chi connectivity index (χ3n) is 5.82. The van der Waals surface area contributed by atoms with E-state index in [4.69, 9.17) is 4.74 Å². The molecule has 0 unspecified atom stereocenters. The van der Waals surface area contributed by atoms with E-state index in [1.807, 2.05) is 4.57 Å². The van der Waals surface area contributed by atoms with Crippen LogP contribution >= 0.6 is 0 Å². The van der Waals surface area contributed by atoms with Gasteiger partial charge in [0.2, 0.25) is 0 Å². The number of carboxylic acid groups (broad SMARTS) is 1. The number of nitrogens with zero attached hydrogens (tertiary/aromatic N) is 3. The molecule has 1 N–H and O–H groups in total. The molecule has 4 rings (SSSR count). The lowest BCUT2D eigenvalue weighted by Gasteiger charge is -2.33. The van der Waals surface area contributed by atoms with Crippen molar-refractivity contribution in [3.8, 4) is 0 Å². The molecule has 0 spiro atoms. The van der Waals surface area contributed by atoms with Crippen molar-refractivity contribution in [2.75, 3.05) is 26.3 Å². The van der Waals surface area contributed by atoms with E-state index >= 15 is 0 Å². The van der Waals surface area contributed by atoms with Crippen LogP contribution in [0.15, 0.2) is 6.20 Å². The van der Waals surface area contributed by atoms with Crippen LogP contribution in [0.1, 0.15) is 42.0 Å². The van der Waals surface area contributed by atoms with Crippen molar-refractivity contribution < 1.29 is 19.4 Å². The highest BCUT2D eigenvalue weighted by Crippen LogP contribution is 2.42. The molecule has 1 aromatic heterocycles. The van der Waals surface area contributed by atoms with Crippen molar-refractivity contribution in [2.45, 2.75) is 38.6 Å². The summed E-state index contributed by atoms with van der Waals surface area (Å²) in [5.74, 6) is 0.00302. The molecule has 4 heterocycles. The zero-order valence-electron chi connectivity index (χ0n) is 13.7. The molecule has 1 amide bonds. The summed E-state index contributed by atoms with van der Waals surface area (Å²) in [6.07, 6.45) is 6.58. The monoisotopic (exact) mass is 333 g/mol. The Kier molecular flexibility index (Phi) is 3.83. The predicted molar refractivity (Wildman–Crippen MR) is 84.7 cm³/mol. The Balaban J connectivity index is 1.60. The van der Waals surface area contributed by atoms with Gasteiger partial charge in [0.15, 0.2) is 0 Å². The van der Waals surface area contributed by atoms with E-state index in [1.54, 1.807) is 11.1 Å². The number of rotatable bonds is 2. The van der Waals surface area contributed by atoms with Crippen LogP contribution in [-0.4, -0.2) is 57.7 Å². The van der Waals surface area contributed by atoms with Gasteiger partial charge in [-0.2, -0.15) is 0 Å². The number of carbonyl (C=O) groups excluding carboxylic acids is 1. The van der Waals surface area contributed by atoms with Gasteiger partial charge in [-0.05, 0) is 25.2 Å². The minimum atomic E-state index is -0.949. The van der Waals surface area contributed by atoms with Gasteiger partial charge in [-0.3, -0.25) is 9.59 Å². The SMILES string of the molecule is O=C(c1cnc2n1CCCCC2)N1C[C@H]2CCOC[C@@]2(C(=O)O)C1. The van der Waals surface area contributed by atoms with E-state index in [1.165, 1.54) is 0 Å². The number of carbonyl (C=O) groups is 2. The summed E-state index contributed by atoms with van der Waals surface area (Å²) in [4.78, 5) is 31.0. The molecule has 0 saturated carbocycles. The largest absolute Gasteiger partial charge is 0.481 e. The number of likely N-dealkylation sites (tertiary alicyclic amines) is 1. The zero-order chi connectivity index (χ0) is 16.7. The van der Waals surface area contributed by atoms with Crippen LogP contribution in [0, 0.1) is 11.3 Å². The van der Waals surface area contributed by atoms with Crippen LogP contribution in [0.5, 0.6) is 0 Å². The molecule has 0 radical (unpaired) electrons. The molecule has 130 valence electrons. The van der Waals surface area contributed by atoms with Crippen molar-refractivity contribution in [3.63, 3.8) is 0 Å². The molecular weight excluding hydrogens is 310 g/mol. The highest BCUT2D eigenvalue weighted by Gasteiger charge is 2.55. The van der Waals surface area contributed by atoms with Crippen molar-refractivity contribution >= 4 is 11.9 Å². The summed E-state index contributed by atoms with van der Waals surface area (Å²) in [5.41, 5.74) is -0.345. The lowest BCUT2D eigenvalue weighted by molar-refractivity contribution is -0.159. The average Bonchev–Trinajstić information content (AvgIpc) is 3.09. The highest BCUT2D eigenvalue weighted by molar-refractivity contribution is 5.93. The molecule has 0 aromatic carbocycles. The number of carboxylic acids is 1. The Hall–Kier alpha value is -1.89. The number of imidazole rings is 1. The van der Waals surface area contributed by atoms with E-state index in [0.717, 1.165) is 38.1 Å². The second kappa shape index (κ2) is 5.88. The summed E-state index contributed by atoms with van der Waals surface area (Å²) in [6.45, 7) is 2.31. The van der Waals surface area contributed by atoms with E-state index in [-0.39, 0.29) is 25.0 Å². The zero-order valence-corrected chi connectivity index (χ0v) is 13.7. The number of fused-ring (bicyclic) bond motifs is 2. The summed E-state index contributed by atoms with van der Waals surface area (Å²) >= 11 is 0. The van der Waals surface area contributed by atoms with Gasteiger partial charge in [-0.25, -0.2) is 4.98 Å². The topological polar surface area (TPSA) is 84.7 Å². The molecule has 7 heteroatoms. The maximum absolute atomic E-state index is 13.0. The fraction of sp³-hybridized carbons (Fsp3) is 0.706. The summed E-state index contributed by atoms with van der Waals surface area (Å²) < 4.78 is 7.47. The highest BCUT2D eigenvalue weighted by atomic mass is 16.5. The fourth-order valence-electron chi connectivity index (χ4n) is 4.37. The van der Waals surface area contributed by atoms with E-state index in [9.17, 15) is 14.7 Å². The Morgan fingerprint density at radius 1 is 1.33 bits per heavy atom. The first kappa shape index (κ1) is 15.6. The molecule has 2 atom stereocenters. The van der Waals surface area contributed by atoms with Crippen LogP contribution in [0.2, 0.25) is 0 Å². The van der Waals surface area contributed by atoms with Gasteiger partial charge in [0, 0.05) is 32.7 Å². The lowest BCUT2D eigenvalue weighted by Crippen LogP contribution is -2.46. The molecule has 2 saturated heterocycles. The first-order chi connectivity index (χ1) is 11.6. The predicted octanol–water partition coefficient (Wildman–Crippen LogP) is 1.17. The number of aliphatic carboxylic acids is 1. The van der Waals surface area contributed by atoms with E-state index < -0.39 is 11.4 Å². The van der Waals surface area contributed by atoms with Crippen molar-refractivity contribution in [1.82, 2.24) is 14.5 Å². The Morgan fingerprint density at radius 3 is 3.00 bits per heavy atom. The molecule has 3 aliphatic heterocycles. The van der Waals surface area contributed by atoms with Crippen LogP contribution in [0.3, 0.4) is 0 Å². The normalized spacial score (nSPS) is 29.7. The van der Waals surface area contributed by atoms with Crippen LogP contribution in [0.4, 0.5) is 0 Å². The molecule has 3 aliphatic rings. The minimum absolute atomic E-state index is 0.0285. The molecule has 24 heavy (non-hydrogen) atoms. The van der Waals surface area contributed by atoms with Gasteiger partial charge in [0.1, 0.15) is 16.9 Å². The van der Waals surface area contributed by atoms with E-state index in [2.05, 4.69) is 4.98 Å². The smallest absolute Gasteiger partial charge is 0.314 e. The Morgan fingerprint density at radius 2 is 2.21 bits per heavy atom. The minimum Gasteiger partial charge on any atom is -0.481 e. The van der Waals surface area contributed by atoms with Gasteiger partial charge in [-0.15, -0.1) is 0 Å². The van der Waals surface area contributed by atoms with Gasteiger partial charge in [0.25, 0.3) is 5.91 Å². The molecule has 0 bridgehead atoms. The second-order valence-electron chi connectivity index (χ2n) is 7.21. The standard InChI is InChI=1S/C17H23N3O4/c21-15(13-8-18-14-4-2-1-3-6-20(13)14)19-9-12-5-7-24-11-17(12,10-19)16(22)23/h8,12H,1-7,9-11H2,(H,22,23)/t12-,17+/m1/s1. The summed E-state index contributed by atoms with van der Waals surface area (Å²) in [7, 11) is 0. The van der Waals surface area contributed by atoms with Crippen molar-refractivity contribution in [3.05, 3.63) is 17.7 Å². The van der Waals surface area contributed by atoms with Crippen molar-refractivity contribution in [1.29, 1.82) is 0 Å². The third-order valence-corrected chi connectivity index (χ3v) is 5.82. The number of hydrogen-bond donors (Lipinski definition) is 1. The first-order valence-corrected chi connectivity index (χ1v) is 8.77. The molecule has 0 aliphatic carbocycles. The first-order valence-electron chi connectivity index (χ1n) is 8.77. The van der Waals surface area contributed by atoms with Crippen LogP contribution < -0.4 is 0 Å². The van der Waals surface area contributed by atoms with Gasteiger partial charge >= 0.3 is 5.97 Å². The Labute approximate surface area is 140 Å².